The van der Waals surface area contributed by atoms with Gasteiger partial charge in [0.05, 0.1) is 17.3 Å². The average Bonchev–Trinajstić information content (AvgIpc) is 2.96. The first-order chi connectivity index (χ1) is 9.72. The molecule has 0 radical (unpaired) electrons. The van der Waals surface area contributed by atoms with Crippen LogP contribution < -0.4 is 11.3 Å². The quantitative estimate of drug-likeness (QED) is 0.656. The van der Waals surface area contributed by atoms with Crippen LogP contribution in [-0.4, -0.2) is 22.3 Å². The number of nitrogens with one attached hydrogen (secondary N) is 1. The number of nitrogens with zero attached hydrogens (tertiary/aromatic N) is 2. The molecule has 1 amide bonds. The van der Waals surface area contributed by atoms with E-state index in [0.717, 1.165) is 13.0 Å². The number of nitrogens with two attached hydrogens (primary N) is 1. The number of fused-ring (bicyclic) bond motifs is 1. The predicted octanol–water partition coefficient (Wildman–Crippen LogP) is 2.19. The van der Waals surface area contributed by atoms with Crippen molar-refractivity contribution < 1.29 is 4.79 Å². The summed E-state index contributed by atoms with van der Waals surface area (Å²) in [5.74, 6) is 5.43. The molecule has 3 rings (SSSR count). The lowest BCUT2D eigenvalue weighted by Gasteiger charge is -2.34. The third-order valence-corrected chi connectivity index (χ3v) is 4.74. The fourth-order valence-corrected chi connectivity index (χ4v) is 3.60. The summed E-state index contributed by atoms with van der Waals surface area (Å²) in [6.45, 7) is 2.79. The van der Waals surface area contributed by atoms with Crippen LogP contribution in [0.3, 0.4) is 0 Å². The van der Waals surface area contributed by atoms with E-state index in [2.05, 4.69) is 28.8 Å². The molecule has 0 saturated carbocycles. The first-order valence-electron chi connectivity index (χ1n) is 6.50. The number of carbonyl (C=O) groups is 1. The van der Waals surface area contributed by atoms with Crippen LogP contribution in [0.1, 0.15) is 33.8 Å². The minimum atomic E-state index is -0.0320. The van der Waals surface area contributed by atoms with E-state index in [9.17, 15) is 4.79 Å². The van der Waals surface area contributed by atoms with E-state index in [1.54, 1.807) is 29.8 Å². The molecule has 1 unspecified atom stereocenters. The Bertz CT molecular complexity index is 640. The van der Waals surface area contributed by atoms with Crippen LogP contribution >= 0.6 is 11.3 Å². The zero-order valence-corrected chi connectivity index (χ0v) is 12.0. The van der Waals surface area contributed by atoms with Gasteiger partial charge in [0.1, 0.15) is 0 Å². The van der Waals surface area contributed by atoms with E-state index in [1.165, 1.54) is 10.4 Å². The van der Waals surface area contributed by atoms with Gasteiger partial charge < -0.3 is 10.3 Å². The fourth-order valence-electron chi connectivity index (χ4n) is 2.63. The van der Waals surface area contributed by atoms with Crippen LogP contribution in [0.2, 0.25) is 0 Å². The summed E-state index contributed by atoms with van der Waals surface area (Å²) < 4.78 is 0. The third kappa shape index (κ3) is 2.07. The molecule has 3 N–H and O–H groups in total. The van der Waals surface area contributed by atoms with Crippen LogP contribution in [0.15, 0.2) is 29.9 Å². The maximum atomic E-state index is 12.7. The molecular formula is C14H16N4OS. The molecule has 2 aromatic rings. The number of carbonyl (C=O) groups excluding carboxylic acids is 1. The summed E-state index contributed by atoms with van der Waals surface area (Å²) in [7, 11) is 0. The molecule has 104 valence electrons. The molecule has 6 heteroatoms. The summed E-state index contributed by atoms with van der Waals surface area (Å²) in [6.07, 6.45) is 4.09. The van der Waals surface area contributed by atoms with Crippen molar-refractivity contribution in [1.82, 2.24) is 9.88 Å². The van der Waals surface area contributed by atoms with E-state index in [1.807, 2.05) is 4.90 Å². The van der Waals surface area contributed by atoms with Crippen LogP contribution in [-0.2, 0) is 6.42 Å². The fraction of sp³-hybridized carbons (Fsp3) is 0.286. The van der Waals surface area contributed by atoms with Crippen LogP contribution in [0.25, 0.3) is 0 Å². The molecular weight excluding hydrogens is 272 g/mol. The summed E-state index contributed by atoms with van der Waals surface area (Å²) in [5, 5.41) is 2.09. The molecule has 20 heavy (non-hydrogen) atoms. The lowest BCUT2D eigenvalue weighted by Crippen LogP contribution is -2.38. The highest BCUT2D eigenvalue weighted by atomic mass is 32.1. The van der Waals surface area contributed by atoms with Crippen LogP contribution in [0.4, 0.5) is 5.69 Å². The van der Waals surface area contributed by atoms with Crippen molar-refractivity contribution >= 4 is 22.9 Å². The van der Waals surface area contributed by atoms with Gasteiger partial charge in [0.15, 0.2) is 0 Å². The number of aromatic nitrogens is 1. The zero-order chi connectivity index (χ0) is 14.1. The van der Waals surface area contributed by atoms with Gasteiger partial charge in [-0.2, -0.15) is 0 Å². The van der Waals surface area contributed by atoms with E-state index < -0.39 is 0 Å². The summed E-state index contributed by atoms with van der Waals surface area (Å²) >= 11 is 1.76. The largest absolute Gasteiger partial charge is 0.331 e. The van der Waals surface area contributed by atoms with Gasteiger partial charge in [0.2, 0.25) is 0 Å². The summed E-state index contributed by atoms with van der Waals surface area (Å²) in [4.78, 5) is 20.0. The van der Waals surface area contributed by atoms with Gasteiger partial charge in [-0.15, -0.1) is 11.3 Å². The van der Waals surface area contributed by atoms with Gasteiger partial charge in [-0.1, -0.05) is 0 Å². The molecule has 0 aromatic carbocycles. The first kappa shape index (κ1) is 13.1. The van der Waals surface area contributed by atoms with Crippen LogP contribution in [0, 0.1) is 0 Å². The maximum absolute atomic E-state index is 12.7. The van der Waals surface area contributed by atoms with E-state index in [0.29, 0.717) is 11.3 Å². The molecule has 2 aromatic heterocycles. The number of amides is 1. The van der Waals surface area contributed by atoms with Gasteiger partial charge in [-0.3, -0.25) is 15.6 Å². The number of nitrogen functional groups attached to an aromatic ring is 1. The first-order valence-corrected chi connectivity index (χ1v) is 7.38. The molecule has 1 aliphatic rings. The number of rotatable bonds is 2. The number of thiophene rings is 1. The van der Waals surface area contributed by atoms with E-state index in [4.69, 9.17) is 5.84 Å². The molecule has 0 fully saturated rings. The maximum Gasteiger partial charge on any atom is 0.258 e. The molecule has 1 atom stereocenters. The van der Waals surface area contributed by atoms with Crippen molar-refractivity contribution in [2.45, 2.75) is 19.4 Å². The number of pyridine rings is 1. The highest BCUT2D eigenvalue weighted by Gasteiger charge is 2.30. The lowest BCUT2D eigenvalue weighted by molar-refractivity contribution is 0.0680. The highest BCUT2D eigenvalue weighted by molar-refractivity contribution is 7.10. The molecule has 5 nitrogen and oxygen atoms in total. The van der Waals surface area contributed by atoms with Gasteiger partial charge in [0, 0.05) is 23.8 Å². The van der Waals surface area contributed by atoms with Crippen LogP contribution in [0.5, 0.6) is 0 Å². The topological polar surface area (TPSA) is 71.2 Å². The minimum absolute atomic E-state index is 0.0320. The highest BCUT2D eigenvalue weighted by Crippen LogP contribution is 2.34. The van der Waals surface area contributed by atoms with Crippen molar-refractivity contribution in [2.75, 3.05) is 12.0 Å². The smallest absolute Gasteiger partial charge is 0.258 e. The van der Waals surface area contributed by atoms with Gasteiger partial charge >= 0.3 is 0 Å². The molecule has 0 bridgehead atoms. The van der Waals surface area contributed by atoms with Crippen molar-refractivity contribution in [3.8, 4) is 0 Å². The second kappa shape index (κ2) is 5.22. The Hall–Kier alpha value is -1.92. The van der Waals surface area contributed by atoms with E-state index in [-0.39, 0.29) is 11.9 Å². The Labute approximate surface area is 121 Å². The third-order valence-electron chi connectivity index (χ3n) is 3.75. The zero-order valence-electron chi connectivity index (χ0n) is 11.2. The Balaban J connectivity index is 1.92. The van der Waals surface area contributed by atoms with Gasteiger partial charge in [-0.05, 0) is 36.4 Å². The minimum Gasteiger partial charge on any atom is -0.331 e. The Morgan fingerprint density at radius 3 is 3.20 bits per heavy atom. The normalized spacial score (nSPS) is 17.7. The standard InChI is InChI=1S/C14H16N4OS/c1-9-10-4-7-20-13(10)3-6-18(9)14(19)11-8-16-5-2-12(11)17-15/h2,4-5,7-9H,3,6,15H2,1H3,(H,16,17). The van der Waals surface area contributed by atoms with Crippen molar-refractivity contribution in [2.24, 2.45) is 5.84 Å². The lowest BCUT2D eigenvalue weighted by atomic mass is 10.0. The SMILES string of the molecule is CC1c2ccsc2CCN1C(=O)c1cnccc1NN. The molecule has 0 aliphatic carbocycles. The van der Waals surface area contributed by atoms with E-state index >= 15 is 0 Å². The van der Waals surface area contributed by atoms with Gasteiger partial charge in [0.25, 0.3) is 5.91 Å². The number of hydrogen-bond donors (Lipinski definition) is 2. The molecule has 3 heterocycles. The number of anilines is 1. The average molecular weight is 288 g/mol. The van der Waals surface area contributed by atoms with Crippen molar-refractivity contribution in [3.05, 3.63) is 45.9 Å². The number of hydrazine groups is 1. The number of hydrogen-bond acceptors (Lipinski definition) is 5. The second-order valence-electron chi connectivity index (χ2n) is 4.79. The molecule has 1 aliphatic heterocycles. The monoisotopic (exact) mass is 288 g/mol. The van der Waals surface area contributed by atoms with Crippen molar-refractivity contribution in [3.63, 3.8) is 0 Å². The summed E-state index contributed by atoms with van der Waals surface area (Å²) in [6, 6.07) is 3.90. The Morgan fingerprint density at radius 2 is 2.40 bits per heavy atom. The molecule has 0 spiro atoms. The second-order valence-corrected chi connectivity index (χ2v) is 5.79. The van der Waals surface area contributed by atoms with Crippen molar-refractivity contribution in [1.29, 1.82) is 0 Å². The summed E-state index contributed by atoms with van der Waals surface area (Å²) in [5.41, 5.74) is 4.93. The predicted molar refractivity (Wildman–Crippen MR) is 79.5 cm³/mol. The van der Waals surface area contributed by atoms with Gasteiger partial charge in [-0.25, -0.2) is 0 Å². The Morgan fingerprint density at radius 1 is 1.55 bits per heavy atom. The molecule has 0 saturated heterocycles. The Kier molecular flexibility index (Phi) is 3.42.